The molecule has 0 bridgehead atoms. The summed E-state index contributed by atoms with van der Waals surface area (Å²) in [5.41, 5.74) is 0.563. The predicted octanol–water partition coefficient (Wildman–Crippen LogP) is 2.90. The fourth-order valence-electron chi connectivity index (χ4n) is 2.94. The molecular formula is C20H32N4O4. The number of nitrogens with one attached hydrogen (secondary N) is 3. The normalized spacial score (nSPS) is 18.6. The number of carbonyl (C=O) groups is 2. The highest BCUT2D eigenvalue weighted by Crippen LogP contribution is 2.28. The van der Waals surface area contributed by atoms with Crippen LogP contribution in [0.4, 0.5) is 15.3 Å². The van der Waals surface area contributed by atoms with E-state index in [4.69, 9.17) is 9.47 Å². The van der Waals surface area contributed by atoms with Gasteiger partial charge in [-0.3, -0.25) is 10.2 Å². The first-order chi connectivity index (χ1) is 13.0. The quantitative estimate of drug-likeness (QED) is 0.717. The van der Waals surface area contributed by atoms with Gasteiger partial charge in [0.15, 0.2) is 0 Å². The zero-order valence-corrected chi connectivity index (χ0v) is 17.6. The van der Waals surface area contributed by atoms with Gasteiger partial charge in [-0.05, 0) is 58.7 Å². The van der Waals surface area contributed by atoms with Gasteiger partial charge < -0.3 is 20.1 Å². The van der Waals surface area contributed by atoms with E-state index in [2.05, 4.69) is 16.0 Å². The summed E-state index contributed by atoms with van der Waals surface area (Å²) in [5, 5.41) is 8.62. The molecule has 1 aromatic carbocycles. The standard InChI is InChI=1S/C20H32N4O4/c1-19(2,3)28-18(26)24-16(13-27-20(24,4)5)22-12-11-14-7-9-15(10-8-14)23-17(25)21-6/h7-10,16,22H,11-13H2,1-6H3,(H2,21,23,25)/t16-/m1/s1. The lowest BCUT2D eigenvalue weighted by molar-refractivity contribution is -0.0635. The van der Waals surface area contributed by atoms with Crippen LogP contribution in [0.2, 0.25) is 0 Å². The number of hydrogen-bond donors (Lipinski definition) is 3. The van der Waals surface area contributed by atoms with Crippen LogP contribution in [-0.2, 0) is 15.9 Å². The fraction of sp³-hybridized carbons (Fsp3) is 0.600. The minimum atomic E-state index is -0.729. The maximum Gasteiger partial charge on any atom is 0.413 e. The molecular weight excluding hydrogens is 360 g/mol. The molecule has 3 N–H and O–H groups in total. The van der Waals surface area contributed by atoms with Crippen LogP contribution in [0, 0.1) is 0 Å². The summed E-state index contributed by atoms with van der Waals surface area (Å²) in [5.74, 6) is 0. The van der Waals surface area contributed by atoms with Crippen molar-refractivity contribution in [2.24, 2.45) is 0 Å². The van der Waals surface area contributed by atoms with Crippen LogP contribution in [0.5, 0.6) is 0 Å². The van der Waals surface area contributed by atoms with E-state index in [1.54, 1.807) is 11.9 Å². The molecule has 1 aromatic rings. The van der Waals surface area contributed by atoms with Crippen LogP contribution in [0.15, 0.2) is 24.3 Å². The van der Waals surface area contributed by atoms with Crippen molar-refractivity contribution in [3.8, 4) is 0 Å². The van der Waals surface area contributed by atoms with Crippen molar-refractivity contribution in [3.05, 3.63) is 29.8 Å². The molecule has 2 rings (SSSR count). The van der Waals surface area contributed by atoms with E-state index in [1.807, 2.05) is 58.9 Å². The number of carbonyl (C=O) groups excluding carboxylic acids is 2. The molecule has 1 aliphatic heterocycles. The minimum absolute atomic E-state index is 0.250. The van der Waals surface area contributed by atoms with Crippen LogP contribution >= 0.6 is 0 Å². The summed E-state index contributed by atoms with van der Waals surface area (Å²) in [4.78, 5) is 25.6. The van der Waals surface area contributed by atoms with Crippen LogP contribution < -0.4 is 16.0 Å². The Labute approximate surface area is 166 Å². The average Bonchev–Trinajstić information content (AvgIpc) is 2.89. The molecule has 3 amide bonds. The summed E-state index contributed by atoms with van der Waals surface area (Å²) in [6.07, 6.45) is 0.135. The van der Waals surface area contributed by atoms with E-state index < -0.39 is 17.4 Å². The number of anilines is 1. The predicted molar refractivity (Wildman–Crippen MR) is 108 cm³/mol. The molecule has 1 atom stereocenters. The van der Waals surface area contributed by atoms with Crippen LogP contribution in [0.25, 0.3) is 0 Å². The molecule has 156 valence electrons. The van der Waals surface area contributed by atoms with Gasteiger partial charge in [0.1, 0.15) is 17.5 Å². The SMILES string of the molecule is CNC(=O)Nc1ccc(CCN[C@H]2COC(C)(C)N2C(=O)OC(C)(C)C)cc1. The number of amides is 3. The number of benzene rings is 1. The van der Waals surface area contributed by atoms with Crippen molar-refractivity contribution in [2.75, 3.05) is 25.5 Å². The van der Waals surface area contributed by atoms with Gasteiger partial charge in [-0.2, -0.15) is 0 Å². The highest BCUT2D eigenvalue weighted by atomic mass is 16.6. The highest BCUT2D eigenvalue weighted by molar-refractivity contribution is 5.88. The topological polar surface area (TPSA) is 91.9 Å². The van der Waals surface area contributed by atoms with Gasteiger partial charge in [-0.25, -0.2) is 9.59 Å². The Morgan fingerprint density at radius 1 is 1.25 bits per heavy atom. The Morgan fingerprint density at radius 3 is 2.46 bits per heavy atom. The van der Waals surface area contributed by atoms with E-state index in [0.29, 0.717) is 13.2 Å². The Morgan fingerprint density at radius 2 is 1.89 bits per heavy atom. The first-order valence-electron chi connectivity index (χ1n) is 9.49. The fourth-order valence-corrected chi connectivity index (χ4v) is 2.94. The summed E-state index contributed by atoms with van der Waals surface area (Å²) in [6.45, 7) is 10.3. The third-order valence-corrected chi connectivity index (χ3v) is 4.31. The van der Waals surface area contributed by atoms with E-state index >= 15 is 0 Å². The lowest BCUT2D eigenvalue weighted by Crippen LogP contribution is -2.54. The Balaban J connectivity index is 1.90. The summed E-state index contributed by atoms with van der Waals surface area (Å²) in [6, 6.07) is 7.40. The molecule has 1 aliphatic rings. The largest absolute Gasteiger partial charge is 0.444 e. The summed E-state index contributed by atoms with van der Waals surface area (Å²) < 4.78 is 11.3. The number of rotatable bonds is 5. The first-order valence-corrected chi connectivity index (χ1v) is 9.49. The van der Waals surface area contributed by atoms with Crippen molar-refractivity contribution in [1.29, 1.82) is 0 Å². The monoisotopic (exact) mass is 392 g/mol. The number of ether oxygens (including phenoxy) is 2. The van der Waals surface area contributed by atoms with Gasteiger partial charge in [0.2, 0.25) is 0 Å². The van der Waals surface area contributed by atoms with Gasteiger partial charge in [0, 0.05) is 19.3 Å². The smallest absolute Gasteiger partial charge is 0.413 e. The van der Waals surface area contributed by atoms with Crippen molar-refractivity contribution in [1.82, 2.24) is 15.5 Å². The van der Waals surface area contributed by atoms with E-state index in [0.717, 1.165) is 17.7 Å². The molecule has 0 aliphatic carbocycles. The molecule has 28 heavy (non-hydrogen) atoms. The maximum atomic E-state index is 12.6. The van der Waals surface area contributed by atoms with Crippen molar-refractivity contribution in [2.45, 2.75) is 58.5 Å². The molecule has 1 saturated heterocycles. The van der Waals surface area contributed by atoms with Crippen molar-refractivity contribution in [3.63, 3.8) is 0 Å². The average molecular weight is 393 g/mol. The Hall–Kier alpha value is -2.32. The molecule has 0 aromatic heterocycles. The summed E-state index contributed by atoms with van der Waals surface area (Å²) in [7, 11) is 1.57. The van der Waals surface area contributed by atoms with Gasteiger partial charge in [-0.15, -0.1) is 0 Å². The zero-order valence-electron chi connectivity index (χ0n) is 17.6. The molecule has 1 heterocycles. The molecule has 0 saturated carbocycles. The zero-order chi connectivity index (χ0) is 20.9. The lowest BCUT2D eigenvalue weighted by atomic mass is 10.1. The molecule has 0 radical (unpaired) electrons. The number of hydrogen-bond acceptors (Lipinski definition) is 5. The van der Waals surface area contributed by atoms with Gasteiger partial charge in [0.05, 0.1) is 6.61 Å². The van der Waals surface area contributed by atoms with Gasteiger partial charge >= 0.3 is 12.1 Å². The van der Waals surface area contributed by atoms with Crippen LogP contribution in [0.3, 0.4) is 0 Å². The van der Waals surface area contributed by atoms with E-state index in [-0.39, 0.29) is 12.2 Å². The molecule has 1 fully saturated rings. The summed E-state index contributed by atoms with van der Waals surface area (Å²) >= 11 is 0. The molecule has 0 unspecified atom stereocenters. The first kappa shape index (κ1) is 22.0. The minimum Gasteiger partial charge on any atom is -0.444 e. The maximum absolute atomic E-state index is 12.6. The molecule has 8 nitrogen and oxygen atoms in total. The third kappa shape index (κ3) is 6.10. The number of nitrogens with zero attached hydrogens (tertiary/aromatic N) is 1. The van der Waals surface area contributed by atoms with E-state index in [9.17, 15) is 9.59 Å². The Kier molecular flexibility index (Phi) is 6.90. The van der Waals surface area contributed by atoms with Crippen LogP contribution in [0.1, 0.15) is 40.2 Å². The number of urea groups is 1. The van der Waals surface area contributed by atoms with Crippen molar-refractivity contribution >= 4 is 17.8 Å². The van der Waals surface area contributed by atoms with Crippen LogP contribution in [-0.4, -0.2) is 54.7 Å². The van der Waals surface area contributed by atoms with Crippen molar-refractivity contribution < 1.29 is 19.1 Å². The van der Waals surface area contributed by atoms with Gasteiger partial charge in [-0.1, -0.05) is 12.1 Å². The lowest BCUT2D eigenvalue weighted by Gasteiger charge is -2.35. The molecule has 0 spiro atoms. The second-order valence-corrected chi connectivity index (χ2v) is 8.23. The third-order valence-electron chi connectivity index (χ3n) is 4.31. The molecule has 8 heteroatoms. The van der Waals surface area contributed by atoms with E-state index in [1.165, 1.54) is 0 Å². The Bertz CT molecular complexity index is 682. The second kappa shape index (κ2) is 8.79. The second-order valence-electron chi connectivity index (χ2n) is 8.23. The van der Waals surface area contributed by atoms with Gasteiger partial charge in [0.25, 0.3) is 0 Å². The highest BCUT2D eigenvalue weighted by Gasteiger charge is 2.45.